The smallest absolute Gasteiger partial charge is 0.238 e. The molecule has 1 heterocycles. The van der Waals surface area contributed by atoms with Gasteiger partial charge in [0.15, 0.2) is 0 Å². The van der Waals surface area contributed by atoms with Gasteiger partial charge in [-0.2, -0.15) is 4.31 Å². The molecule has 6 nitrogen and oxygen atoms in total. The van der Waals surface area contributed by atoms with Gasteiger partial charge < -0.3 is 9.80 Å². The first-order chi connectivity index (χ1) is 13.7. The number of carbonyl (C=O) groups is 1. The summed E-state index contributed by atoms with van der Waals surface area (Å²) in [6, 6.07) is 13.1. The average molecular weight is 440 g/mol. The molecule has 0 atom stereocenters. The van der Waals surface area contributed by atoms with E-state index in [9.17, 15) is 17.6 Å². The summed E-state index contributed by atoms with van der Waals surface area (Å²) >= 11 is 5.87. The molecule has 1 saturated heterocycles. The fraction of sp³-hybridized carbons (Fsp3) is 0.350. The normalized spacial score (nSPS) is 15.0. The Kier molecular flexibility index (Phi) is 6.77. The molecule has 0 spiro atoms. The molecule has 1 fully saturated rings. The van der Waals surface area contributed by atoms with Crippen LogP contribution < -0.4 is 4.90 Å². The first kappa shape index (κ1) is 21.5. The van der Waals surface area contributed by atoms with Gasteiger partial charge in [-0.05, 0) is 42.0 Å². The highest BCUT2D eigenvalue weighted by Gasteiger charge is 2.26. The quantitative estimate of drug-likeness (QED) is 0.694. The summed E-state index contributed by atoms with van der Waals surface area (Å²) in [7, 11) is -3.56. The number of halogens is 2. The number of amides is 1. The molecule has 0 aromatic heterocycles. The average Bonchev–Trinajstić information content (AvgIpc) is 2.69. The molecule has 3 rings (SSSR count). The maximum Gasteiger partial charge on any atom is 0.238 e. The maximum atomic E-state index is 13.1. The van der Waals surface area contributed by atoms with Crippen LogP contribution in [0.4, 0.5) is 10.1 Å². The van der Waals surface area contributed by atoms with Gasteiger partial charge in [0, 0.05) is 43.4 Å². The monoisotopic (exact) mass is 439 g/mol. The van der Waals surface area contributed by atoms with Crippen LogP contribution in [0.2, 0.25) is 5.02 Å². The molecular weight excluding hydrogens is 417 g/mol. The second kappa shape index (κ2) is 9.11. The molecule has 1 aliphatic heterocycles. The van der Waals surface area contributed by atoms with Crippen LogP contribution in [0.3, 0.4) is 0 Å². The lowest BCUT2D eigenvalue weighted by Gasteiger charge is -2.36. The zero-order chi connectivity index (χ0) is 21.0. The lowest BCUT2D eigenvalue weighted by atomic mass is 10.2. The Morgan fingerprint density at radius 1 is 1.03 bits per heavy atom. The minimum Gasteiger partial charge on any atom is -0.368 e. The minimum atomic E-state index is -3.56. The third kappa shape index (κ3) is 5.91. The molecule has 2 aromatic rings. The Balaban J connectivity index is 1.60. The van der Waals surface area contributed by atoms with Crippen molar-refractivity contribution in [3.8, 4) is 0 Å². The molecule has 0 aliphatic carbocycles. The van der Waals surface area contributed by atoms with E-state index >= 15 is 0 Å². The van der Waals surface area contributed by atoms with Crippen molar-refractivity contribution in [1.82, 2.24) is 9.21 Å². The summed E-state index contributed by atoms with van der Waals surface area (Å²) in [5.74, 6) is -0.521. The van der Waals surface area contributed by atoms with Crippen LogP contribution in [0.15, 0.2) is 48.5 Å². The number of nitrogens with zero attached hydrogens (tertiary/aromatic N) is 3. The Morgan fingerprint density at radius 3 is 2.17 bits per heavy atom. The van der Waals surface area contributed by atoms with Crippen LogP contribution in [0.25, 0.3) is 0 Å². The standard InChI is InChI=1S/C20H23ClFN3O3S/c1-29(27,28)25(14-16-2-4-17(21)5-3-16)15-20(26)24-12-10-23(11-13-24)19-8-6-18(22)7-9-19/h2-9H,10-15H2,1H3. The van der Waals surface area contributed by atoms with Crippen LogP contribution in [0.1, 0.15) is 5.56 Å². The maximum absolute atomic E-state index is 13.1. The summed E-state index contributed by atoms with van der Waals surface area (Å²) in [5.41, 5.74) is 1.66. The summed E-state index contributed by atoms with van der Waals surface area (Å²) < 4.78 is 38.6. The predicted molar refractivity (Wildman–Crippen MR) is 112 cm³/mol. The third-order valence-corrected chi connectivity index (χ3v) is 6.33. The number of hydrogen-bond acceptors (Lipinski definition) is 4. The zero-order valence-electron chi connectivity index (χ0n) is 16.1. The lowest BCUT2D eigenvalue weighted by Crippen LogP contribution is -2.51. The van der Waals surface area contributed by atoms with E-state index in [2.05, 4.69) is 4.90 Å². The van der Waals surface area contributed by atoms with Crippen molar-refractivity contribution < 1.29 is 17.6 Å². The molecule has 0 unspecified atom stereocenters. The first-order valence-electron chi connectivity index (χ1n) is 9.20. The largest absolute Gasteiger partial charge is 0.368 e. The summed E-state index contributed by atoms with van der Waals surface area (Å²) in [6.45, 7) is 2.07. The highest BCUT2D eigenvalue weighted by Crippen LogP contribution is 2.18. The number of carbonyl (C=O) groups excluding carboxylic acids is 1. The first-order valence-corrected chi connectivity index (χ1v) is 11.4. The molecule has 9 heteroatoms. The van der Waals surface area contributed by atoms with E-state index in [0.717, 1.165) is 17.5 Å². The van der Waals surface area contributed by atoms with Gasteiger partial charge in [0.2, 0.25) is 15.9 Å². The van der Waals surface area contributed by atoms with Crippen molar-refractivity contribution in [2.45, 2.75) is 6.54 Å². The minimum absolute atomic E-state index is 0.108. The van der Waals surface area contributed by atoms with Gasteiger partial charge in [-0.25, -0.2) is 12.8 Å². The van der Waals surface area contributed by atoms with E-state index in [1.54, 1.807) is 41.3 Å². The Labute approximate surface area is 175 Å². The molecular formula is C20H23ClFN3O3S. The van der Waals surface area contributed by atoms with Crippen molar-refractivity contribution in [2.75, 3.05) is 43.9 Å². The number of rotatable bonds is 6. The second-order valence-corrected chi connectivity index (χ2v) is 9.42. The fourth-order valence-corrected chi connectivity index (χ4v) is 4.06. The molecule has 156 valence electrons. The van der Waals surface area contributed by atoms with Crippen molar-refractivity contribution in [3.63, 3.8) is 0 Å². The molecule has 1 aliphatic rings. The van der Waals surface area contributed by atoms with E-state index in [-0.39, 0.29) is 24.8 Å². The van der Waals surface area contributed by atoms with Crippen LogP contribution in [0, 0.1) is 5.82 Å². The van der Waals surface area contributed by atoms with Gasteiger partial charge in [0.1, 0.15) is 5.82 Å². The van der Waals surface area contributed by atoms with E-state index in [1.807, 2.05) is 0 Å². The number of hydrogen-bond donors (Lipinski definition) is 0. The topological polar surface area (TPSA) is 60.9 Å². The van der Waals surface area contributed by atoms with E-state index in [4.69, 9.17) is 11.6 Å². The molecule has 29 heavy (non-hydrogen) atoms. The van der Waals surface area contributed by atoms with Crippen LogP contribution in [-0.4, -0.2) is 62.5 Å². The predicted octanol–water partition coefficient (Wildman–Crippen LogP) is 2.59. The highest BCUT2D eigenvalue weighted by molar-refractivity contribution is 7.88. The Bertz CT molecular complexity index is 944. The van der Waals surface area contributed by atoms with Gasteiger partial charge in [-0.3, -0.25) is 4.79 Å². The van der Waals surface area contributed by atoms with Gasteiger partial charge in [0.05, 0.1) is 12.8 Å². The Hall–Kier alpha value is -2.16. The van der Waals surface area contributed by atoms with Gasteiger partial charge in [0.25, 0.3) is 0 Å². The Morgan fingerprint density at radius 2 is 1.62 bits per heavy atom. The van der Waals surface area contributed by atoms with Crippen LogP contribution >= 0.6 is 11.6 Å². The van der Waals surface area contributed by atoms with Crippen molar-refractivity contribution in [1.29, 1.82) is 0 Å². The number of benzene rings is 2. The summed E-state index contributed by atoms with van der Waals surface area (Å²) in [4.78, 5) is 16.5. The van der Waals surface area contributed by atoms with Crippen molar-refractivity contribution in [2.24, 2.45) is 0 Å². The van der Waals surface area contributed by atoms with Crippen molar-refractivity contribution >= 4 is 33.2 Å². The van der Waals surface area contributed by atoms with Crippen LogP contribution in [0.5, 0.6) is 0 Å². The van der Waals surface area contributed by atoms with Gasteiger partial charge in [-0.15, -0.1) is 0 Å². The molecule has 1 amide bonds. The number of sulfonamides is 1. The van der Waals surface area contributed by atoms with Gasteiger partial charge >= 0.3 is 0 Å². The molecule has 0 radical (unpaired) electrons. The third-order valence-electron chi connectivity index (χ3n) is 4.88. The highest BCUT2D eigenvalue weighted by atomic mass is 35.5. The number of piperazine rings is 1. The second-order valence-electron chi connectivity index (χ2n) is 7.00. The van der Waals surface area contributed by atoms with Crippen LogP contribution in [-0.2, 0) is 21.4 Å². The lowest BCUT2D eigenvalue weighted by molar-refractivity contribution is -0.131. The fourth-order valence-electron chi connectivity index (χ4n) is 3.20. The van der Waals surface area contributed by atoms with Crippen molar-refractivity contribution in [3.05, 3.63) is 64.9 Å². The van der Waals surface area contributed by atoms with E-state index in [0.29, 0.717) is 31.2 Å². The van der Waals surface area contributed by atoms with E-state index in [1.165, 1.54) is 16.4 Å². The molecule has 0 bridgehead atoms. The molecule has 0 saturated carbocycles. The summed E-state index contributed by atoms with van der Waals surface area (Å²) in [6.07, 6.45) is 1.10. The van der Waals surface area contributed by atoms with E-state index < -0.39 is 10.0 Å². The molecule has 0 N–H and O–H groups in total. The van der Waals surface area contributed by atoms with Gasteiger partial charge in [-0.1, -0.05) is 23.7 Å². The SMILES string of the molecule is CS(=O)(=O)N(CC(=O)N1CCN(c2ccc(F)cc2)CC1)Cc1ccc(Cl)cc1. The number of anilines is 1. The molecule has 2 aromatic carbocycles. The zero-order valence-corrected chi connectivity index (χ0v) is 17.7. The summed E-state index contributed by atoms with van der Waals surface area (Å²) in [5, 5.41) is 0.565.